The molecule has 1 rings (SSSR count). The molecule has 1 N–H and O–H groups in total. The van der Waals surface area contributed by atoms with Gasteiger partial charge in [-0.3, -0.25) is 4.98 Å². The maximum absolute atomic E-state index is 4.52. The molecule has 0 fully saturated rings. The molecule has 1 unspecified atom stereocenters. The molecule has 0 aliphatic heterocycles. The number of rotatable bonds is 4. The van der Waals surface area contributed by atoms with E-state index >= 15 is 0 Å². The Morgan fingerprint density at radius 3 is 2.75 bits per heavy atom. The zero-order valence-electron chi connectivity index (χ0n) is 10.6. The van der Waals surface area contributed by atoms with Gasteiger partial charge in [-0.05, 0) is 45.4 Å². The lowest BCUT2D eigenvalue weighted by Gasteiger charge is -2.16. The van der Waals surface area contributed by atoms with Crippen LogP contribution in [0.5, 0.6) is 0 Å². The van der Waals surface area contributed by atoms with Crippen molar-refractivity contribution in [3.63, 3.8) is 0 Å². The van der Waals surface area contributed by atoms with Crippen LogP contribution in [0.2, 0.25) is 0 Å². The molecule has 1 aromatic heterocycles. The second-order valence-electron chi connectivity index (χ2n) is 4.02. The van der Waals surface area contributed by atoms with Crippen LogP contribution in [0.4, 0.5) is 0 Å². The highest BCUT2D eigenvalue weighted by molar-refractivity contribution is 5.25. The monoisotopic (exact) mass is 216 g/mol. The van der Waals surface area contributed by atoms with Gasteiger partial charge < -0.3 is 5.32 Å². The third-order valence-electron chi connectivity index (χ3n) is 2.67. The summed E-state index contributed by atoms with van der Waals surface area (Å²) in [5.41, 5.74) is 3.61. The molecule has 0 radical (unpaired) electrons. The predicted molar refractivity (Wildman–Crippen MR) is 68.2 cm³/mol. The first-order valence-corrected chi connectivity index (χ1v) is 5.69. The summed E-state index contributed by atoms with van der Waals surface area (Å²) in [6.07, 6.45) is 3.85. The summed E-state index contributed by atoms with van der Waals surface area (Å²) >= 11 is 0. The molecule has 0 saturated carbocycles. The van der Waals surface area contributed by atoms with E-state index in [1.54, 1.807) is 0 Å². The van der Waals surface area contributed by atoms with Gasteiger partial charge in [-0.25, -0.2) is 0 Å². The maximum atomic E-state index is 4.52. The number of aryl methyl sites for hydroxylation is 2. The Morgan fingerprint density at radius 2 is 2.19 bits per heavy atom. The lowest BCUT2D eigenvalue weighted by atomic mass is 10.0. The van der Waals surface area contributed by atoms with E-state index in [1.165, 1.54) is 11.1 Å². The van der Waals surface area contributed by atoms with Crippen LogP contribution in [0.1, 0.15) is 42.6 Å². The molecule has 1 heterocycles. The molecule has 16 heavy (non-hydrogen) atoms. The van der Waals surface area contributed by atoms with Gasteiger partial charge >= 0.3 is 0 Å². The third kappa shape index (κ3) is 3.36. The highest BCUT2D eigenvalue weighted by Crippen LogP contribution is 2.19. The van der Waals surface area contributed by atoms with Gasteiger partial charge in [0.05, 0.1) is 11.7 Å². The molecule has 1 atom stereocenters. The van der Waals surface area contributed by atoms with E-state index in [-0.39, 0.29) is 0 Å². The Hall–Kier alpha value is -1.33. The number of aromatic nitrogens is 1. The third-order valence-corrected chi connectivity index (χ3v) is 2.67. The van der Waals surface area contributed by atoms with E-state index < -0.39 is 0 Å². The largest absolute Gasteiger partial charge is 0.312 e. The summed E-state index contributed by atoms with van der Waals surface area (Å²) < 4.78 is 0. The number of nitrogens with zero attached hydrogens (tertiary/aromatic N) is 1. The van der Waals surface area contributed by atoms with Crippen molar-refractivity contribution in [1.29, 1.82) is 0 Å². The normalized spacial score (nSPS) is 11.8. The number of pyridine rings is 1. The van der Waals surface area contributed by atoms with Crippen molar-refractivity contribution < 1.29 is 0 Å². The molecule has 0 aliphatic rings. The summed E-state index contributed by atoms with van der Waals surface area (Å²) in [7, 11) is 1.98. The van der Waals surface area contributed by atoms with E-state index in [1.807, 2.05) is 20.2 Å². The Bertz CT molecular complexity index is 399. The zero-order valence-corrected chi connectivity index (χ0v) is 10.6. The molecular weight excluding hydrogens is 196 g/mol. The fourth-order valence-electron chi connectivity index (χ4n) is 1.85. The van der Waals surface area contributed by atoms with Crippen LogP contribution in [-0.4, -0.2) is 12.0 Å². The predicted octanol–water partition coefficient (Wildman–Crippen LogP) is 2.76. The quantitative estimate of drug-likeness (QED) is 0.783. The van der Waals surface area contributed by atoms with Gasteiger partial charge in [0.1, 0.15) is 0 Å². The van der Waals surface area contributed by atoms with Gasteiger partial charge in [-0.2, -0.15) is 0 Å². The van der Waals surface area contributed by atoms with Crippen LogP contribution in [0, 0.1) is 25.7 Å². The highest BCUT2D eigenvalue weighted by atomic mass is 14.9. The molecule has 0 bridgehead atoms. The summed E-state index contributed by atoms with van der Waals surface area (Å²) in [6.45, 7) is 6.07. The van der Waals surface area contributed by atoms with Crippen molar-refractivity contribution in [3.05, 3.63) is 29.1 Å². The van der Waals surface area contributed by atoms with E-state index in [0.29, 0.717) is 6.04 Å². The Labute approximate surface area is 98.5 Å². The van der Waals surface area contributed by atoms with E-state index in [2.05, 4.69) is 42.1 Å². The zero-order chi connectivity index (χ0) is 12.0. The Morgan fingerprint density at radius 1 is 1.44 bits per heavy atom. The Kier molecular flexibility index (Phi) is 5.01. The summed E-state index contributed by atoms with van der Waals surface area (Å²) in [5, 5.41) is 3.31. The molecule has 1 aromatic rings. The number of hydrogen-bond donors (Lipinski definition) is 1. The standard InChI is InChI=1S/C14H20N2/c1-5-6-7-8-13(15-4)14-12(3)9-11(2)10-16-14/h9-10,13,15H,7-8H2,1-4H3. The fraction of sp³-hybridized carbons (Fsp3) is 0.500. The maximum Gasteiger partial charge on any atom is 0.0602 e. The average molecular weight is 216 g/mol. The van der Waals surface area contributed by atoms with Gasteiger partial charge in [0.2, 0.25) is 0 Å². The van der Waals surface area contributed by atoms with Gasteiger partial charge in [0.25, 0.3) is 0 Å². The molecule has 0 aliphatic carbocycles. The first-order chi connectivity index (χ1) is 7.69. The van der Waals surface area contributed by atoms with Crippen LogP contribution < -0.4 is 5.32 Å². The van der Waals surface area contributed by atoms with Crippen LogP contribution in [-0.2, 0) is 0 Å². The molecule has 86 valence electrons. The molecule has 2 nitrogen and oxygen atoms in total. The van der Waals surface area contributed by atoms with Gasteiger partial charge in [0, 0.05) is 12.6 Å². The van der Waals surface area contributed by atoms with Crippen molar-refractivity contribution in [2.75, 3.05) is 7.05 Å². The average Bonchev–Trinajstić information content (AvgIpc) is 2.26. The van der Waals surface area contributed by atoms with Gasteiger partial charge in [0.15, 0.2) is 0 Å². The van der Waals surface area contributed by atoms with E-state index in [9.17, 15) is 0 Å². The van der Waals surface area contributed by atoms with Crippen molar-refractivity contribution >= 4 is 0 Å². The fourth-order valence-corrected chi connectivity index (χ4v) is 1.85. The van der Waals surface area contributed by atoms with E-state index in [4.69, 9.17) is 0 Å². The first kappa shape index (κ1) is 12.7. The van der Waals surface area contributed by atoms with Crippen molar-refractivity contribution in [3.8, 4) is 11.8 Å². The lowest BCUT2D eigenvalue weighted by Crippen LogP contribution is -2.18. The number of nitrogens with one attached hydrogen (secondary N) is 1. The van der Waals surface area contributed by atoms with Gasteiger partial charge in [-0.1, -0.05) is 6.07 Å². The second-order valence-corrected chi connectivity index (χ2v) is 4.02. The molecule has 0 spiro atoms. The van der Waals surface area contributed by atoms with E-state index in [0.717, 1.165) is 18.5 Å². The number of hydrogen-bond acceptors (Lipinski definition) is 2. The van der Waals surface area contributed by atoms with Gasteiger partial charge in [-0.15, -0.1) is 11.8 Å². The minimum absolute atomic E-state index is 0.307. The summed E-state index contributed by atoms with van der Waals surface area (Å²) in [6, 6.07) is 2.49. The molecule has 0 saturated heterocycles. The highest BCUT2D eigenvalue weighted by Gasteiger charge is 2.12. The molecule has 2 heteroatoms. The molecule has 0 aromatic carbocycles. The lowest BCUT2D eigenvalue weighted by molar-refractivity contribution is 0.541. The summed E-state index contributed by atoms with van der Waals surface area (Å²) in [4.78, 5) is 4.52. The Balaban J connectivity index is 2.80. The first-order valence-electron chi connectivity index (χ1n) is 5.69. The van der Waals surface area contributed by atoms with Crippen molar-refractivity contribution in [2.24, 2.45) is 0 Å². The minimum atomic E-state index is 0.307. The summed E-state index contributed by atoms with van der Waals surface area (Å²) in [5.74, 6) is 6.02. The smallest absolute Gasteiger partial charge is 0.0602 e. The second kappa shape index (κ2) is 6.30. The minimum Gasteiger partial charge on any atom is -0.312 e. The van der Waals surface area contributed by atoms with Crippen molar-refractivity contribution in [1.82, 2.24) is 10.3 Å². The molecular formula is C14H20N2. The van der Waals surface area contributed by atoms with Crippen molar-refractivity contribution in [2.45, 2.75) is 39.7 Å². The molecule has 0 amide bonds. The SMILES string of the molecule is CC#CCCC(NC)c1ncc(C)cc1C. The van der Waals surface area contributed by atoms with Crippen LogP contribution >= 0.6 is 0 Å². The van der Waals surface area contributed by atoms with Crippen LogP contribution in [0.25, 0.3) is 0 Å². The van der Waals surface area contributed by atoms with Crippen LogP contribution in [0.3, 0.4) is 0 Å². The topological polar surface area (TPSA) is 24.9 Å². The van der Waals surface area contributed by atoms with Crippen LogP contribution in [0.15, 0.2) is 12.3 Å².